The van der Waals surface area contributed by atoms with Crippen LogP contribution in [0.15, 0.2) is 12.3 Å². The lowest BCUT2D eigenvalue weighted by atomic mass is 10.2. The van der Waals surface area contributed by atoms with Gasteiger partial charge in [0.25, 0.3) is 0 Å². The summed E-state index contributed by atoms with van der Waals surface area (Å²) in [5.74, 6) is 2.18. The Kier molecular flexibility index (Phi) is 4.90. The van der Waals surface area contributed by atoms with Crippen molar-refractivity contribution >= 4 is 5.82 Å². The fraction of sp³-hybridized carbons (Fsp3) is 0.692. The van der Waals surface area contributed by atoms with Crippen LogP contribution in [0.2, 0.25) is 0 Å². The summed E-state index contributed by atoms with van der Waals surface area (Å²) in [6.45, 7) is 9.92. The molecule has 1 N–H and O–H groups in total. The van der Waals surface area contributed by atoms with Crippen LogP contribution >= 0.6 is 0 Å². The molecular formula is C13H22N4O. The maximum Gasteiger partial charge on any atom is 0.133 e. The quantitative estimate of drug-likeness (QED) is 0.854. The first kappa shape index (κ1) is 13.2. The van der Waals surface area contributed by atoms with Gasteiger partial charge in [-0.15, -0.1) is 0 Å². The average Bonchev–Trinajstić information content (AvgIpc) is 2.40. The van der Waals surface area contributed by atoms with Crippen molar-refractivity contribution in [2.24, 2.45) is 0 Å². The summed E-state index contributed by atoms with van der Waals surface area (Å²) in [7, 11) is 0. The van der Waals surface area contributed by atoms with Crippen LogP contribution in [0, 0.1) is 0 Å². The second-order valence-electron chi connectivity index (χ2n) is 4.84. The van der Waals surface area contributed by atoms with Crippen LogP contribution in [0.3, 0.4) is 0 Å². The maximum absolute atomic E-state index is 5.32. The van der Waals surface area contributed by atoms with E-state index in [1.807, 2.05) is 12.3 Å². The Hall–Kier alpha value is -1.20. The number of hydrogen-bond donors (Lipinski definition) is 1. The number of aromatic nitrogens is 2. The van der Waals surface area contributed by atoms with Gasteiger partial charge >= 0.3 is 0 Å². The largest absolute Gasteiger partial charge is 0.379 e. The summed E-state index contributed by atoms with van der Waals surface area (Å²) in [4.78, 5) is 11.2. The molecule has 18 heavy (non-hydrogen) atoms. The SMILES string of the molecule is CC(C)c1nccc(NCCN2CCOCC2)n1. The Morgan fingerprint density at radius 2 is 2.17 bits per heavy atom. The Morgan fingerprint density at radius 1 is 1.39 bits per heavy atom. The van der Waals surface area contributed by atoms with E-state index in [1.54, 1.807) is 0 Å². The summed E-state index contributed by atoms with van der Waals surface area (Å²) in [5, 5.41) is 3.35. The molecule has 0 aliphatic carbocycles. The highest BCUT2D eigenvalue weighted by Gasteiger charge is 2.09. The van der Waals surface area contributed by atoms with Crippen molar-refractivity contribution in [1.82, 2.24) is 14.9 Å². The predicted molar refractivity (Wildman–Crippen MR) is 71.9 cm³/mol. The van der Waals surface area contributed by atoms with E-state index < -0.39 is 0 Å². The Labute approximate surface area is 109 Å². The molecule has 0 atom stereocenters. The van der Waals surface area contributed by atoms with Gasteiger partial charge < -0.3 is 10.1 Å². The summed E-state index contributed by atoms with van der Waals surface area (Å²) in [5.41, 5.74) is 0. The standard InChI is InChI=1S/C13H22N4O/c1-11(2)13-15-4-3-12(16-13)14-5-6-17-7-9-18-10-8-17/h3-4,11H,5-10H2,1-2H3,(H,14,15,16). The minimum atomic E-state index is 0.367. The summed E-state index contributed by atoms with van der Waals surface area (Å²) >= 11 is 0. The second-order valence-corrected chi connectivity index (χ2v) is 4.84. The topological polar surface area (TPSA) is 50.3 Å². The fourth-order valence-electron chi connectivity index (χ4n) is 1.92. The Bertz CT molecular complexity index is 364. The first-order valence-corrected chi connectivity index (χ1v) is 6.62. The first-order valence-electron chi connectivity index (χ1n) is 6.62. The minimum Gasteiger partial charge on any atom is -0.379 e. The molecule has 1 aromatic rings. The van der Waals surface area contributed by atoms with Crippen molar-refractivity contribution in [2.45, 2.75) is 19.8 Å². The van der Waals surface area contributed by atoms with E-state index in [1.165, 1.54) is 0 Å². The van der Waals surface area contributed by atoms with Crippen LogP contribution in [0.5, 0.6) is 0 Å². The van der Waals surface area contributed by atoms with Crippen LogP contribution in [0.1, 0.15) is 25.6 Å². The number of rotatable bonds is 5. The highest BCUT2D eigenvalue weighted by Crippen LogP contribution is 2.10. The number of nitrogens with one attached hydrogen (secondary N) is 1. The molecule has 1 saturated heterocycles. The van der Waals surface area contributed by atoms with Crippen LogP contribution < -0.4 is 5.32 Å². The number of anilines is 1. The molecule has 1 aliphatic heterocycles. The zero-order valence-corrected chi connectivity index (χ0v) is 11.2. The van der Waals surface area contributed by atoms with Gasteiger partial charge in [-0.1, -0.05) is 13.8 Å². The number of ether oxygens (including phenoxy) is 1. The van der Waals surface area contributed by atoms with Crippen molar-refractivity contribution in [3.05, 3.63) is 18.1 Å². The van der Waals surface area contributed by atoms with Gasteiger partial charge in [-0.2, -0.15) is 0 Å². The zero-order chi connectivity index (χ0) is 12.8. The lowest BCUT2D eigenvalue weighted by Gasteiger charge is -2.26. The molecule has 1 aromatic heterocycles. The van der Waals surface area contributed by atoms with E-state index in [0.717, 1.165) is 51.0 Å². The van der Waals surface area contributed by atoms with Gasteiger partial charge in [0.15, 0.2) is 0 Å². The second kappa shape index (κ2) is 6.66. The zero-order valence-electron chi connectivity index (χ0n) is 11.2. The van der Waals surface area contributed by atoms with Crippen LogP contribution in [-0.2, 0) is 4.74 Å². The van der Waals surface area contributed by atoms with Crippen LogP contribution in [0.4, 0.5) is 5.82 Å². The van der Waals surface area contributed by atoms with E-state index in [9.17, 15) is 0 Å². The fourth-order valence-corrected chi connectivity index (χ4v) is 1.92. The molecule has 0 saturated carbocycles. The van der Waals surface area contributed by atoms with Crippen molar-refractivity contribution in [2.75, 3.05) is 44.7 Å². The number of nitrogens with zero attached hydrogens (tertiary/aromatic N) is 3. The van der Waals surface area contributed by atoms with Crippen molar-refractivity contribution in [3.8, 4) is 0 Å². The van der Waals surface area contributed by atoms with Crippen molar-refractivity contribution in [3.63, 3.8) is 0 Å². The third-order valence-electron chi connectivity index (χ3n) is 3.03. The summed E-state index contributed by atoms with van der Waals surface area (Å²) in [6, 6.07) is 1.92. The van der Waals surface area contributed by atoms with Gasteiger partial charge in [0.2, 0.25) is 0 Å². The molecule has 1 fully saturated rings. The Balaban J connectivity index is 1.77. The van der Waals surface area contributed by atoms with Crippen LogP contribution in [-0.4, -0.2) is 54.3 Å². The normalized spacial score (nSPS) is 17.1. The molecule has 1 aliphatic rings. The number of morpholine rings is 1. The third kappa shape index (κ3) is 3.92. The maximum atomic E-state index is 5.32. The minimum absolute atomic E-state index is 0.367. The van der Waals surface area contributed by atoms with Crippen LogP contribution in [0.25, 0.3) is 0 Å². The lowest BCUT2D eigenvalue weighted by Crippen LogP contribution is -2.39. The van der Waals surface area contributed by atoms with Gasteiger partial charge in [-0.25, -0.2) is 9.97 Å². The van der Waals surface area contributed by atoms with E-state index >= 15 is 0 Å². The molecule has 5 heteroatoms. The Morgan fingerprint density at radius 3 is 2.89 bits per heavy atom. The molecule has 0 bridgehead atoms. The summed E-state index contributed by atoms with van der Waals surface area (Å²) in [6.07, 6.45) is 1.82. The molecule has 0 unspecified atom stereocenters. The predicted octanol–water partition coefficient (Wildman–Crippen LogP) is 1.34. The smallest absolute Gasteiger partial charge is 0.133 e. The van der Waals surface area contributed by atoms with Crippen molar-refractivity contribution < 1.29 is 4.74 Å². The molecular weight excluding hydrogens is 228 g/mol. The molecule has 2 heterocycles. The summed E-state index contributed by atoms with van der Waals surface area (Å²) < 4.78 is 5.32. The number of hydrogen-bond acceptors (Lipinski definition) is 5. The molecule has 0 spiro atoms. The van der Waals surface area contributed by atoms with E-state index in [4.69, 9.17) is 4.74 Å². The van der Waals surface area contributed by atoms with E-state index in [2.05, 4.69) is 34.0 Å². The third-order valence-corrected chi connectivity index (χ3v) is 3.03. The van der Waals surface area contributed by atoms with E-state index in [-0.39, 0.29) is 0 Å². The van der Waals surface area contributed by atoms with Gasteiger partial charge in [0.1, 0.15) is 11.6 Å². The molecule has 0 amide bonds. The van der Waals surface area contributed by atoms with Crippen molar-refractivity contribution in [1.29, 1.82) is 0 Å². The van der Waals surface area contributed by atoms with Gasteiger partial charge in [0.05, 0.1) is 13.2 Å². The molecule has 0 aromatic carbocycles. The molecule has 2 rings (SSSR count). The first-order chi connectivity index (χ1) is 8.75. The molecule has 100 valence electrons. The monoisotopic (exact) mass is 250 g/mol. The highest BCUT2D eigenvalue weighted by molar-refractivity contribution is 5.33. The highest BCUT2D eigenvalue weighted by atomic mass is 16.5. The molecule has 5 nitrogen and oxygen atoms in total. The van der Waals surface area contributed by atoms with Gasteiger partial charge in [-0.3, -0.25) is 4.90 Å². The van der Waals surface area contributed by atoms with Gasteiger partial charge in [-0.05, 0) is 6.07 Å². The van der Waals surface area contributed by atoms with E-state index in [0.29, 0.717) is 5.92 Å². The average molecular weight is 250 g/mol. The lowest BCUT2D eigenvalue weighted by molar-refractivity contribution is 0.0398. The molecule has 0 radical (unpaired) electrons. The van der Waals surface area contributed by atoms with Gasteiger partial charge in [0, 0.05) is 38.3 Å².